The minimum Gasteiger partial charge on any atom is -0.312 e. The topological polar surface area (TPSA) is 67.2 Å². The molecular weight excluding hydrogens is 400 g/mol. The first-order valence-electron chi connectivity index (χ1n) is 14.2. The highest BCUT2D eigenvalue weighted by Crippen LogP contribution is 2.25. The summed E-state index contributed by atoms with van der Waals surface area (Å²) in [5, 5.41) is 30.5. The molecule has 0 atom stereocenters. The highest BCUT2D eigenvalue weighted by Gasteiger charge is 2.38. The quantitative estimate of drug-likeness (QED) is 0.0723. The van der Waals surface area contributed by atoms with Crippen LogP contribution in [0.5, 0.6) is 0 Å². The fourth-order valence-electron chi connectivity index (χ4n) is 4.73. The Bertz CT molecular complexity index is 376. The van der Waals surface area contributed by atoms with Crippen LogP contribution in [0.3, 0.4) is 0 Å². The van der Waals surface area contributed by atoms with Crippen molar-refractivity contribution in [1.82, 2.24) is 10.3 Å². The fourth-order valence-corrected chi connectivity index (χ4v) is 4.73. The van der Waals surface area contributed by atoms with Gasteiger partial charge in [-0.05, 0) is 24.5 Å². The summed E-state index contributed by atoms with van der Waals surface area (Å²) >= 11 is 0. The number of hydrogen-bond donors (Lipinski definition) is 3. The summed E-state index contributed by atoms with van der Waals surface area (Å²) in [6.45, 7) is 6.46. The first-order valence-corrected chi connectivity index (χ1v) is 14.2. The van der Waals surface area contributed by atoms with Crippen LogP contribution in [0.15, 0.2) is 0 Å². The van der Waals surface area contributed by atoms with Crippen molar-refractivity contribution in [1.29, 1.82) is 0 Å². The standard InChI is InChI=1S/C27H58N2O3/c1-4-7-8-9-10-11-12-13-14-15-16-17-18-19-20-21-22-23-24-25-26-28(30)27(5-2,6-3)29(31)32/h30-32H,4-26H2,1-3H3. The summed E-state index contributed by atoms with van der Waals surface area (Å²) in [7, 11) is 0. The van der Waals surface area contributed by atoms with E-state index in [4.69, 9.17) is 0 Å². The van der Waals surface area contributed by atoms with E-state index in [-0.39, 0.29) is 5.23 Å². The normalized spacial score (nSPS) is 12.4. The van der Waals surface area contributed by atoms with E-state index in [0.29, 0.717) is 19.4 Å². The van der Waals surface area contributed by atoms with Gasteiger partial charge >= 0.3 is 0 Å². The SMILES string of the molecule is CCCCCCCCCCCCCCCCCCCCCCN(O)C(CC)(CC)N(O)O. The monoisotopic (exact) mass is 458 g/mol. The molecular formula is C27H58N2O3. The lowest BCUT2D eigenvalue weighted by Gasteiger charge is -2.40. The average Bonchev–Trinajstić information content (AvgIpc) is 2.78. The predicted molar refractivity (Wildman–Crippen MR) is 135 cm³/mol. The molecule has 0 fully saturated rings. The number of unbranched alkanes of at least 4 members (excludes halogenated alkanes) is 19. The molecule has 0 aliphatic rings. The Balaban J connectivity index is 3.35. The third-order valence-electron chi connectivity index (χ3n) is 7.21. The van der Waals surface area contributed by atoms with E-state index in [9.17, 15) is 15.6 Å². The zero-order valence-corrected chi connectivity index (χ0v) is 22.0. The Morgan fingerprint density at radius 1 is 0.438 bits per heavy atom. The lowest BCUT2D eigenvalue weighted by Crippen LogP contribution is -2.56. The van der Waals surface area contributed by atoms with E-state index in [0.717, 1.165) is 17.9 Å². The van der Waals surface area contributed by atoms with Gasteiger partial charge in [-0.25, -0.2) is 0 Å². The van der Waals surface area contributed by atoms with Gasteiger partial charge in [0.15, 0.2) is 0 Å². The van der Waals surface area contributed by atoms with Crippen molar-refractivity contribution >= 4 is 0 Å². The van der Waals surface area contributed by atoms with Gasteiger partial charge in [0.2, 0.25) is 0 Å². The second kappa shape index (κ2) is 22.6. The molecule has 0 spiro atoms. The zero-order valence-electron chi connectivity index (χ0n) is 22.0. The molecule has 3 N–H and O–H groups in total. The summed E-state index contributed by atoms with van der Waals surface area (Å²) in [5.41, 5.74) is -1.09. The fraction of sp³-hybridized carbons (Fsp3) is 1.00. The van der Waals surface area contributed by atoms with Crippen molar-refractivity contribution in [2.75, 3.05) is 6.54 Å². The van der Waals surface area contributed by atoms with Crippen molar-refractivity contribution in [3.8, 4) is 0 Å². The van der Waals surface area contributed by atoms with Gasteiger partial charge in [0.05, 0.1) is 0 Å². The molecule has 0 aromatic heterocycles. The van der Waals surface area contributed by atoms with Crippen molar-refractivity contribution in [3.63, 3.8) is 0 Å². The number of hydroxylamine groups is 4. The van der Waals surface area contributed by atoms with Crippen LogP contribution < -0.4 is 0 Å². The lowest BCUT2D eigenvalue weighted by molar-refractivity contribution is -0.428. The third-order valence-corrected chi connectivity index (χ3v) is 7.21. The molecule has 0 unspecified atom stereocenters. The van der Waals surface area contributed by atoms with Crippen LogP contribution >= 0.6 is 0 Å². The van der Waals surface area contributed by atoms with Gasteiger partial charge in [-0.3, -0.25) is 10.4 Å². The molecule has 0 heterocycles. The number of hydrogen-bond acceptors (Lipinski definition) is 5. The van der Waals surface area contributed by atoms with E-state index in [1.165, 1.54) is 116 Å². The summed E-state index contributed by atoms with van der Waals surface area (Å²) in [4.78, 5) is 0. The van der Waals surface area contributed by atoms with Crippen LogP contribution in [0.2, 0.25) is 0 Å². The van der Waals surface area contributed by atoms with E-state index in [1.807, 2.05) is 13.8 Å². The van der Waals surface area contributed by atoms with Crippen molar-refractivity contribution < 1.29 is 15.6 Å². The van der Waals surface area contributed by atoms with Gasteiger partial charge < -0.3 is 5.21 Å². The first-order chi connectivity index (χ1) is 15.5. The average molecular weight is 459 g/mol. The van der Waals surface area contributed by atoms with Crippen LogP contribution in [0.25, 0.3) is 0 Å². The molecule has 5 heteroatoms. The zero-order chi connectivity index (χ0) is 23.9. The van der Waals surface area contributed by atoms with Gasteiger partial charge in [-0.15, -0.1) is 0 Å². The van der Waals surface area contributed by atoms with Crippen molar-refractivity contribution in [2.24, 2.45) is 0 Å². The Labute approximate surface area is 200 Å². The van der Waals surface area contributed by atoms with Gasteiger partial charge in [0, 0.05) is 6.54 Å². The molecule has 194 valence electrons. The molecule has 0 saturated heterocycles. The van der Waals surface area contributed by atoms with Gasteiger partial charge in [-0.1, -0.05) is 143 Å². The van der Waals surface area contributed by atoms with E-state index < -0.39 is 5.66 Å². The van der Waals surface area contributed by atoms with Gasteiger partial charge in [0.1, 0.15) is 5.66 Å². The van der Waals surface area contributed by atoms with Crippen LogP contribution in [-0.2, 0) is 0 Å². The molecule has 0 aliphatic heterocycles. The Morgan fingerprint density at radius 2 is 0.719 bits per heavy atom. The van der Waals surface area contributed by atoms with Crippen LogP contribution in [0.1, 0.15) is 162 Å². The van der Waals surface area contributed by atoms with Crippen LogP contribution in [0, 0.1) is 0 Å². The summed E-state index contributed by atoms with van der Waals surface area (Å²) in [6.07, 6.45) is 27.9. The highest BCUT2D eigenvalue weighted by molar-refractivity contribution is 4.77. The maximum Gasteiger partial charge on any atom is 0.147 e. The molecule has 0 radical (unpaired) electrons. The molecule has 32 heavy (non-hydrogen) atoms. The van der Waals surface area contributed by atoms with E-state index >= 15 is 0 Å². The Kier molecular flexibility index (Phi) is 22.4. The molecule has 0 aromatic carbocycles. The first kappa shape index (κ1) is 31.8. The largest absolute Gasteiger partial charge is 0.312 e. The molecule has 0 amide bonds. The smallest absolute Gasteiger partial charge is 0.147 e. The Morgan fingerprint density at radius 3 is 0.969 bits per heavy atom. The summed E-state index contributed by atoms with van der Waals surface area (Å²) in [6, 6.07) is 0. The van der Waals surface area contributed by atoms with Crippen molar-refractivity contribution in [2.45, 2.75) is 168 Å². The highest BCUT2D eigenvalue weighted by atomic mass is 16.8. The minimum absolute atomic E-state index is 0.170. The molecule has 0 bridgehead atoms. The number of rotatable bonds is 25. The minimum atomic E-state index is -1.09. The van der Waals surface area contributed by atoms with Crippen LogP contribution in [-0.4, -0.2) is 38.1 Å². The van der Waals surface area contributed by atoms with Gasteiger partial charge in [-0.2, -0.15) is 5.06 Å². The van der Waals surface area contributed by atoms with E-state index in [2.05, 4.69) is 6.92 Å². The second-order valence-electron chi connectivity index (χ2n) is 9.82. The molecule has 0 saturated carbocycles. The maximum absolute atomic E-state index is 10.3. The Hall–Kier alpha value is -0.200. The second-order valence-corrected chi connectivity index (χ2v) is 9.82. The molecule has 0 rings (SSSR count). The summed E-state index contributed by atoms with van der Waals surface area (Å²) < 4.78 is 0. The number of nitrogens with zero attached hydrogens (tertiary/aromatic N) is 2. The third kappa shape index (κ3) is 15.6. The van der Waals surface area contributed by atoms with E-state index in [1.54, 1.807) is 0 Å². The summed E-state index contributed by atoms with van der Waals surface area (Å²) in [5.74, 6) is 0. The maximum atomic E-state index is 10.3. The van der Waals surface area contributed by atoms with Gasteiger partial charge in [0.25, 0.3) is 0 Å². The molecule has 5 nitrogen and oxygen atoms in total. The predicted octanol–water partition coefficient (Wildman–Crippen LogP) is 9.10. The van der Waals surface area contributed by atoms with Crippen LogP contribution in [0.4, 0.5) is 0 Å². The lowest BCUT2D eigenvalue weighted by atomic mass is 10.0. The molecule has 0 aromatic rings. The van der Waals surface area contributed by atoms with Crippen molar-refractivity contribution in [3.05, 3.63) is 0 Å². The molecule has 0 aliphatic carbocycles.